The van der Waals surface area contributed by atoms with E-state index in [0.717, 1.165) is 24.9 Å². The number of pyridine rings is 1. The van der Waals surface area contributed by atoms with Gasteiger partial charge in [0.2, 0.25) is 0 Å². The fourth-order valence-electron chi connectivity index (χ4n) is 2.57. The van der Waals surface area contributed by atoms with Crippen LogP contribution in [0.1, 0.15) is 23.2 Å². The van der Waals surface area contributed by atoms with E-state index < -0.39 is 0 Å². The molecule has 0 aliphatic heterocycles. The third kappa shape index (κ3) is 4.44. The van der Waals surface area contributed by atoms with Crippen LogP contribution in [0.15, 0.2) is 66.0 Å². The van der Waals surface area contributed by atoms with E-state index in [4.69, 9.17) is 0 Å². The Bertz CT molecular complexity index is 870. The number of nitrogens with zero attached hydrogens (tertiary/aromatic N) is 2. The molecule has 1 amide bonds. The molecule has 6 heteroatoms. The fraction of sp³-hybridized carbons (Fsp3) is 0.211. The Morgan fingerprint density at radius 1 is 1.12 bits per heavy atom. The van der Waals surface area contributed by atoms with Gasteiger partial charge in [0.1, 0.15) is 5.56 Å². The predicted octanol–water partition coefficient (Wildman–Crippen LogP) is 2.45. The van der Waals surface area contributed by atoms with Gasteiger partial charge in [0.25, 0.3) is 11.5 Å². The van der Waals surface area contributed by atoms with Crippen LogP contribution >= 0.6 is 0 Å². The van der Waals surface area contributed by atoms with Crippen molar-refractivity contribution in [1.29, 1.82) is 0 Å². The summed E-state index contributed by atoms with van der Waals surface area (Å²) in [6.07, 6.45) is 7.19. The Morgan fingerprint density at radius 2 is 1.96 bits per heavy atom. The highest BCUT2D eigenvalue weighted by Gasteiger charge is 2.10. The van der Waals surface area contributed by atoms with Crippen LogP contribution in [0.3, 0.4) is 0 Å². The van der Waals surface area contributed by atoms with Crippen molar-refractivity contribution in [2.24, 2.45) is 0 Å². The fourth-order valence-corrected chi connectivity index (χ4v) is 2.57. The van der Waals surface area contributed by atoms with Gasteiger partial charge in [0.15, 0.2) is 0 Å². The summed E-state index contributed by atoms with van der Waals surface area (Å²) in [5.74, 6) is -0.344. The molecule has 0 unspecified atom stereocenters. The van der Waals surface area contributed by atoms with Crippen molar-refractivity contribution in [3.63, 3.8) is 0 Å². The molecule has 0 aliphatic rings. The number of aromatic amines is 1. The van der Waals surface area contributed by atoms with Crippen LogP contribution in [-0.2, 0) is 6.54 Å². The first kappa shape index (κ1) is 16.7. The van der Waals surface area contributed by atoms with Crippen LogP contribution in [0.5, 0.6) is 0 Å². The van der Waals surface area contributed by atoms with Crippen LogP contribution in [0.25, 0.3) is 11.3 Å². The second kappa shape index (κ2) is 8.10. The van der Waals surface area contributed by atoms with Gasteiger partial charge in [-0.2, -0.15) is 0 Å². The molecule has 0 saturated carbocycles. The molecule has 0 aliphatic carbocycles. The monoisotopic (exact) mass is 336 g/mol. The first-order valence-electron chi connectivity index (χ1n) is 8.27. The maximum Gasteiger partial charge on any atom is 0.261 e. The first-order valence-corrected chi connectivity index (χ1v) is 8.27. The molecule has 3 aromatic rings. The normalized spacial score (nSPS) is 10.6. The summed E-state index contributed by atoms with van der Waals surface area (Å²) in [5.41, 5.74) is 1.36. The number of nitrogens with one attached hydrogen (secondary N) is 2. The summed E-state index contributed by atoms with van der Waals surface area (Å²) in [6.45, 7) is 1.40. The summed E-state index contributed by atoms with van der Waals surface area (Å²) in [7, 11) is 0. The van der Waals surface area contributed by atoms with Gasteiger partial charge in [-0.3, -0.25) is 9.59 Å². The average molecular weight is 336 g/mol. The Balaban J connectivity index is 1.52. The molecular weight excluding hydrogens is 316 g/mol. The number of benzene rings is 1. The molecule has 0 atom stereocenters. The van der Waals surface area contributed by atoms with Crippen molar-refractivity contribution in [2.45, 2.75) is 19.4 Å². The van der Waals surface area contributed by atoms with E-state index in [0.29, 0.717) is 12.2 Å². The lowest BCUT2D eigenvalue weighted by Gasteiger charge is -2.06. The number of H-pyrrole nitrogens is 1. The number of imidazole rings is 1. The van der Waals surface area contributed by atoms with Crippen LogP contribution in [0, 0.1) is 0 Å². The number of aromatic nitrogens is 3. The van der Waals surface area contributed by atoms with Gasteiger partial charge in [0, 0.05) is 31.2 Å². The predicted molar refractivity (Wildman–Crippen MR) is 96.3 cm³/mol. The number of hydrogen-bond donors (Lipinski definition) is 2. The molecular formula is C19H20N4O2. The number of carbonyl (C=O) groups excluding carboxylic acids is 1. The van der Waals surface area contributed by atoms with Gasteiger partial charge >= 0.3 is 0 Å². The molecule has 0 radical (unpaired) electrons. The van der Waals surface area contributed by atoms with Crippen molar-refractivity contribution in [1.82, 2.24) is 19.9 Å². The zero-order valence-corrected chi connectivity index (χ0v) is 13.8. The summed E-state index contributed by atoms with van der Waals surface area (Å²) < 4.78 is 1.99. The molecule has 2 heterocycles. The molecule has 0 spiro atoms. The van der Waals surface area contributed by atoms with Gasteiger partial charge in [-0.05, 0) is 30.5 Å². The summed E-state index contributed by atoms with van der Waals surface area (Å²) in [5, 5.41) is 2.80. The zero-order valence-electron chi connectivity index (χ0n) is 13.8. The highest BCUT2D eigenvalue weighted by atomic mass is 16.2. The van der Waals surface area contributed by atoms with Crippen LogP contribution in [0.4, 0.5) is 0 Å². The minimum Gasteiger partial charge on any atom is -0.352 e. The molecule has 128 valence electrons. The summed E-state index contributed by atoms with van der Waals surface area (Å²) >= 11 is 0. The Labute approximate surface area is 145 Å². The second-order valence-corrected chi connectivity index (χ2v) is 5.74. The van der Waals surface area contributed by atoms with Gasteiger partial charge < -0.3 is 14.9 Å². The third-order valence-corrected chi connectivity index (χ3v) is 3.93. The van der Waals surface area contributed by atoms with Crippen molar-refractivity contribution < 1.29 is 4.79 Å². The van der Waals surface area contributed by atoms with E-state index in [1.807, 2.05) is 41.1 Å². The van der Waals surface area contributed by atoms with E-state index in [2.05, 4.69) is 15.3 Å². The minimum absolute atomic E-state index is 0.134. The molecule has 2 aromatic heterocycles. The summed E-state index contributed by atoms with van der Waals surface area (Å²) in [4.78, 5) is 31.1. The van der Waals surface area contributed by atoms with E-state index in [1.165, 1.54) is 0 Å². The van der Waals surface area contributed by atoms with E-state index >= 15 is 0 Å². The lowest BCUT2D eigenvalue weighted by molar-refractivity contribution is 0.0951. The number of amides is 1. The maximum absolute atomic E-state index is 12.2. The van der Waals surface area contributed by atoms with Crippen molar-refractivity contribution in [3.05, 3.63) is 77.1 Å². The van der Waals surface area contributed by atoms with Crippen molar-refractivity contribution >= 4 is 5.91 Å². The third-order valence-electron chi connectivity index (χ3n) is 3.93. The Morgan fingerprint density at radius 3 is 2.68 bits per heavy atom. The molecule has 0 bridgehead atoms. The molecule has 0 fully saturated rings. The quantitative estimate of drug-likeness (QED) is 0.650. The molecule has 2 N–H and O–H groups in total. The van der Waals surface area contributed by atoms with Crippen LogP contribution in [0.2, 0.25) is 0 Å². The van der Waals surface area contributed by atoms with Gasteiger partial charge in [-0.25, -0.2) is 4.98 Å². The molecule has 25 heavy (non-hydrogen) atoms. The number of aryl methyl sites for hydroxylation is 1. The topological polar surface area (TPSA) is 79.8 Å². The Kier molecular flexibility index (Phi) is 5.41. The van der Waals surface area contributed by atoms with Crippen molar-refractivity contribution in [2.75, 3.05) is 6.54 Å². The number of carbonyl (C=O) groups is 1. The first-order chi connectivity index (χ1) is 12.2. The van der Waals surface area contributed by atoms with Gasteiger partial charge in [0.05, 0.1) is 6.33 Å². The zero-order chi connectivity index (χ0) is 17.5. The number of rotatable bonds is 7. The van der Waals surface area contributed by atoms with Gasteiger partial charge in [-0.1, -0.05) is 30.3 Å². The molecule has 6 nitrogen and oxygen atoms in total. The van der Waals surface area contributed by atoms with E-state index in [-0.39, 0.29) is 17.0 Å². The van der Waals surface area contributed by atoms with E-state index in [9.17, 15) is 9.59 Å². The second-order valence-electron chi connectivity index (χ2n) is 5.74. The minimum atomic E-state index is -0.378. The van der Waals surface area contributed by atoms with Gasteiger partial charge in [-0.15, -0.1) is 0 Å². The SMILES string of the molecule is O=C(NCCCCn1ccnc1)c1ccc(-c2ccccc2)[nH]c1=O. The molecule has 3 rings (SSSR count). The maximum atomic E-state index is 12.2. The molecule has 0 saturated heterocycles. The lowest BCUT2D eigenvalue weighted by atomic mass is 10.1. The van der Waals surface area contributed by atoms with Crippen LogP contribution in [-0.4, -0.2) is 27.0 Å². The largest absolute Gasteiger partial charge is 0.352 e. The smallest absolute Gasteiger partial charge is 0.261 e. The number of hydrogen-bond acceptors (Lipinski definition) is 3. The Hall–Kier alpha value is -3.15. The summed E-state index contributed by atoms with van der Waals surface area (Å²) in [6, 6.07) is 12.9. The van der Waals surface area contributed by atoms with E-state index in [1.54, 1.807) is 24.7 Å². The number of unbranched alkanes of at least 4 members (excludes halogenated alkanes) is 1. The standard InChI is InChI=1S/C19H20N4O2/c24-18(21-10-4-5-12-23-13-11-20-14-23)16-8-9-17(22-19(16)25)15-6-2-1-3-7-15/h1-3,6-9,11,13-14H,4-5,10,12H2,(H,21,24)(H,22,25). The molecule has 1 aromatic carbocycles. The highest BCUT2D eigenvalue weighted by molar-refractivity contribution is 5.94. The van der Waals surface area contributed by atoms with Crippen molar-refractivity contribution in [3.8, 4) is 11.3 Å². The van der Waals surface area contributed by atoms with Crippen LogP contribution < -0.4 is 10.9 Å². The average Bonchev–Trinajstić information content (AvgIpc) is 3.15. The highest BCUT2D eigenvalue weighted by Crippen LogP contribution is 2.14. The lowest BCUT2D eigenvalue weighted by Crippen LogP contribution is -2.30.